The van der Waals surface area contributed by atoms with Crippen LogP contribution in [0.25, 0.3) is 10.2 Å². The molecule has 0 radical (unpaired) electrons. The molecule has 5 nitrogen and oxygen atoms in total. The van der Waals surface area contributed by atoms with Gasteiger partial charge in [-0.2, -0.15) is 0 Å². The minimum Gasteiger partial charge on any atom is -0.352 e. The summed E-state index contributed by atoms with van der Waals surface area (Å²) in [6, 6.07) is 8.05. The molecule has 1 amide bonds. The van der Waals surface area contributed by atoms with Crippen molar-refractivity contribution in [1.82, 2.24) is 14.9 Å². The van der Waals surface area contributed by atoms with Crippen LogP contribution >= 0.6 is 11.3 Å². The van der Waals surface area contributed by atoms with E-state index in [-0.39, 0.29) is 11.7 Å². The van der Waals surface area contributed by atoms with Crippen LogP contribution in [0.4, 0.5) is 10.2 Å². The summed E-state index contributed by atoms with van der Waals surface area (Å²) in [4.78, 5) is 28.2. The second kappa shape index (κ2) is 7.23. The number of piperazine rings is 1. The molecule has 7 heteroatoms. The van der Waals surface area contributed by atoms with Crippen molar-refractivity contribution in [1.29, 1.82) is 0 Å². The quantitative estimate of drug-likeness (QED) is 0.691. The lowest BCUT2D eigenvalue weighted by atomic mass is 10.1. The first-order valence-electron chi connectivity index (χ1n) is 9.12. The van der Waals surface area contributed by atoms with Gasteiger partial charge in [-0.3, -0.25) is 4.79 Å². The lowest BCUT2D eigenvalue weighted by Crippen LogP contribution is -2.49. The average Bonchev–Trinajstić information content (AvgIpc) is 3.10. The van der Waals surface area contributed by atoms with Gasteiger partial charge in [0.1, 0.15) is 22.3 Å². The summed E-state index contributed by atoms with van der Waals surface area (Å²) < 4.78 is 13.4. The van der Waals surface area contributed by atoms with Gasteiger partial charge in [0, 0.05) is 36.6 Å². The van der Waals surface area contributed by atoms with Crippen molar-refractivity contribution >= 4 is 33.3 Å². The van der Waals surface area contributed by atoms with E-state index >= 15 is 0 Å². The molecular formula is C20H21FN4OS. The number of carbonyl (C=O) groups is 1. The Morgan fingerprint density at radius 3 is 2.67 bits per heavy atom. The van der Waals surface area contributed by atoms with E-state index in [1.807, 2.05) is 6.92 Å². The van der Waals surface area contributed by atoms with Crippen LogP contribution in [0.3, 0.4) is 0 Å². The molecule has 2 aromatic heterocycles. The van der Waals surface area contributed by atoms with Crippen LogP contribution in [0, 0.1) is 12.7 Å². The first kappa shape index (κ1) is 17.9. The maximum Gasteiger partial charge on any atom is 0.254 e. The van der Waals surface area contributed by atoms with Gasteiger partial charge >= 0.3 is 0 Å². The number of anilines is 1. The number of hydrogen-bond acceptors (Lipinski definition) is 5. The molecule has 0 saturated carbocycles. The van der Waals surface area contributed by atoms with Gasteiger partial charge in [0.05, 0.1) is 5.39 Å². The average molecular weight is 384 g/mol. The minimum absolute atomic E-state index is 0.123. The number of rotatable bonds is 3. The first-order chi connectivity index (χ1) is 13.0. The van der Waals surface area contributed by atoms with Gasteiger partial charge in [0.25, 0.3) is 5.91 Å². The largest absolute Gasteiger partial charge is 0.352 e. The molecule has 3 aromatic rings. The Bertz CT molecular complexity index is 995. The zero-order valence-electron chi connectivity index (χ0n) is 15.4. The molecule has 3 heterocycles. The normalized spacial score (nSPS) is 14.8. The van der Waals surface area contributed by atoms with Crippen LogP contribution in [0.1, 0.15) is 28.0 Å². The molecule has 1 aliphatic heterocycles. The van der Waals surface area contributed by atoms with Gasteiger partial charge in [0.2, 0.25) is 0 Å². The molecule has 1 aliphatic rings. The molecule has 0 spiro atoms. The zero-order valence-corrected chi connectivity index (χ0v) is 16.2. The van der Waals surface area contributed by atoms with Crippen molar-refractivity contribution in [2.75, 3.05) is 31.1 Å². The molecule has 1 saturated heterocycles. The second-order valence-corrected chi connectivity index (χ2v) is 7.78. The summed E-state index contributed by atoms with van der Waals surface area (Å²) in [6.45, 7) is 6.63. The summed E-state index contributed by atoms with van der Waals surface area (Å²) in [5.41, 5.74) is 0.397. The number of hydrogen-bond donors (Lipinski definition) is 0. The number of benzene rings is 1. The molecule has 1 fully saturated rings. The molecule has 27 heavy (non-hydrogen) atoms. The Kier molecular flexibility index (Phi) is 4.78. The van der Waals surface area contributed by atoms with Crippen molar-refractivity contribution in [3.05, 3.63) is 52.4 Å². The highest BCUT2D eigenvalue weighted by molar-refractivity contribution is 7.18. The van der Waals surface area contributed by atoms with E-state index in [2.05, 4.69) is 27.9 Å². The van der Waals surface area contributed by atoms with Crippen LogP contribution in [-0.2, 0) is 6.42 Å². The topological polar surface area (TPSA) is 49.3 Å². The number of carbonyl (C=O) groups excluding carboxylic acids is 1. The summed E-state index contributed by atoms with van der Waals surface area (Å²) in [7, 11) is 0. The van der Waals surface area contributed by atoms with Crippen LogP contribution in [0.15, 0.2) is 30.3 Å². The van der Waals surface area contributed by atoms with Crippen molar-refractivity contribution in [3.8, 4) is 0 Å². The fraction of sp³-hybridized carbons (Fsp3) is 0.350. The molecule has 4 rings (SSSR count). The van der Waals surface area contributed by atoms with E-state index in [1.54, 1.807) is 28.4 Å². The summed E-state index contributed by atoms with van der Waals surface area (Å²) in [5, 5.41) is 1.09. The molecule has 140 valence electrons. The second-order valence-electron chi connectivity index (χ2n) is 6.67. The number of amides is 1. The maximum absolute atomic E-state index is 13.4. The Hall–Kier alpha value is -2.54. The van der Waals surface area contributed by atoms with Gasteiger partial charge in [-0.15, -0.1) is 11.3 Å². The lowest BCUT2D eigenvalue weighted by molar-refractivity contribution is 0.0746. The van der Waals surface area contributed by atoms with E-state index in [1.165, 1.54) is 17.0 Å². The van der Waals surface area contributed by atoms with Gasteiger partial charge in [-0.05, 0) is 37.6 Å². The number of thiophene rings is 1. The van der Waals surface area contributed by atoms with Crippen LogP contribution in [0.2, 0.25) is 0 Å². The maximum atomic E-state index is 13.4. The Morgan fingerprint density at radius 2 is 1.96 bits per heavy atom. The third-order valence-electron chi connectivity index (χ3n) is 4.82. The number of fused-ring (bicyclic) bond motifs is 1. The summed E-state index contributed by atoms with van der Waals surface area (Å²) in [5.74, 6) is 1.20. The van der Waals surface area contributed by atoms with Gasteiger partial charge < -0.3 is 9.80 Å². The van der Waals surface area contributed by atoms with E-state index < -0.39 is 0 Å². The number of aromatic nitrogens is 2. The van der Waals surface area contributed by atoms with Crippen molar-refractivity contribution < 1.29 is 9.18 Å². The van der Waals surface area contributed by atoms with E-state index in [4.69, 9.17) is 0 Å². The molecular weight excluding hydrogens is 363 g/mol. The van der Waals surface area contributed by atoms with Crippen molar-refractivity contribution in [2.24, 2.45) is 0 Å². The molecule has 0 aliphatic carbocycles. The Morgan fingerprint density at radius 1 is 1.19 bits per heavy atom. The zero-order chi connectivity index (χ0) is 19.0. The molecule has 0 atom stereocenters. The summed E-state index contributed by atoms with van der Waals surface area (Å²) in [6.07, 6.45) is 0.982. The van der Waals surface area contributed by atoms with Crippen LogP contribution in [-0.4, -0.2) is 47.0 Å². The van der Waals surface area contributed by atoms with Crippen molar-refractivity contribution in [2.45, 2.75) is 20.3 Å². The minimum atomic E-state index is -0.387. The van der Waals surface area contributed by atoms with Crippen molar-refractivity contribution in [3.63, 3.8) is 0 Å². The standard InChI is InChI=1S/C20H21FN4OS/c1-3-16-12-17-18(22-13(2)23-19(17)27-16)24-7-9-25(10-8-24)20(26)14-5-4-6-15(21)11-14/h4-6,11-12H,3,7-10H2,1-2H3. The molecule has 1 aromatic carbocycles. The summed E-state index contributed by atoms with van der Waals surface area (Å²) >= 11 is 1.72. The third-order valence-corrected chi connectivity index (χ3v) is 6.00. The van der Waals surface area contributed by atoms with Crippen LogP contribution < -0.4 is 4.90 Å². The molecule has 0 N–H and O–H groups in total. The monoisotopic (exact) mass is 384 g/mol. The first-order valence-corrected chi connectivity index (χ1v) is 9.93. The number of halogens is 1. The smallest absolute Gasteiger partial charge is 0.254 e. The molecule has 0 bridgehead atoms. The lowest BCUT2D eigenvalue weighted by Gasteiger charge is -2.35. The molecule has 0 unspecified atom stereocenters. The van der Waals surface area contributed by atoms with Gasteiger partial charge in [-0.1, -0.05) is 13.0 Å². The Labute approximate surface area is 161 Å². The fourth-order valence-corrected chi connectivity index (χ4v) is 4.41. The van der Waals surface area contributed by atoms with Crippen LogP contribution in [0.5, 0.6) is 0 Å². The predicted molar refractivity (Wildman–Crippen MR) is 106 cm³/mol. The van der Waals surface area contributed by atoms with E-state index in [0.29, 0.717) is 31.7 Å². The SMILES string of the molecule is CCc1cc2c(N3CCN(C(=O)c4cccc(F)c4)CC3)nc(C)nc2s1. The predicted octanol–water partition coefficient (Wildman–Crippen LogP) is 3.66. The number of aryl methyl sites for hydroxylation is 2. The third kappa shape index (κ3) is 3.51. The van der Waals surface area contributed by atoms with Gasteiger partial charge in [-0.25, -0.2) is 14.4 Å². The van der Waals surface area contributed by atoms with E-state index in [9.17, 15) is 9.18 Å². The highest BCUT2D eigenvalue weighted by Crippen LogP contribution is 2.31. The number of nitrogens with zero attached hydrogens (tertiary/aromatic N) is 4. The van der Waals surface area contributed by atoms with E-state index in [0.717, 1.165) is 28.3 Å². The Balaban J connectivity index is 1.53. The fourth-order valence-electron chi connectivity index (χ4n) is 3.40. The highest BCUT2D eigenvalue weighted by Gasteiger charge is 2.25. The highest BCUT2D eigenvalue weighted by atomic mass is 32.1. The van der Waals surface area contributed by atoms with Gasteiger partial charge in [0.15, 0.2) is 0 Å².